The number of hydrogen-bond donors (Lipinski definition) is 0. The fourth-order valence-electron chi connectivity index (χ4n) is 0.986. The Morgan fingerprint density at radius 1 is 1.62 bits per heavy atom. The molecule has 84 valence electrons. The summed E-state index contributed by atoms with van der Waals surface area (Å²) in [5, 5.41) is 0. The average molecular weight is 221 g/mol. The van der Waals surface area contributed by atoms with Crippen LogP contribution in [-0.2, 0) is 9.53 Å². The van der Waals surface area contributed by atoms with E-state index < -0.39 is 11.8 Å². The fourth-order valence-corrected chi connectivity index (χ4v) is 0.986. The number of hydrogen-bond acceptors (Lipinski definition) is 3. The lowest BCUT2D eigenvalue weighted by Crippen LogP contribution is -2.03. The Kier molecular flexibility index (Phi) is 4.92. The first-order valence-electron chi connectivity index (χ1n) is 4.85. The molecule has 0 radical (unpaired) electrons. The van der Waals surface area contributed by atoms with Gasteiger partial charge in [0.1, 0.15) is 0 Å². The second-order valence-electron chi connectivity index (χ2n) is 2.88. The van der Waals surface area contributed by atoms with E-state index in [0.717, 1.165) is 11.6 Å². The van der Waals surface area contributed by atoms with Crippen molar-refractivity contribution in [2.45, 2.75) is 6.92 Å². The van der Waals surface area contributed by atoms with Gasteiger partial charge in [0.2, 0.25) is 5.83 Å². The van der Waals surface area contributed by atoms with Gasteiger partial charge in [-0.1, -0.05) is 18.2 Å². The Morgan fingerprint density at radius 2 is 2.44 bits per heavy atom. The second kappa shape index (κ2) is 6.50. The summed E-state index contributed by atoms with van der Waals surface area (Å²) in [6, 6.07) is 3.59. The van der Waals surface area contributed by atoms with Crippen LogP contribution in [-0.4, -0.2) is 17.6 Å². The number of halogens is 1. The maximum Gasteiger partial charge on any atom is 0.367 e. The second-order valence-corrected chi connectivity index (χ2v) is 2.88. The summed E-state index contributed by atoms with van der Waals surface area (Å²) in [7, 11) is 0. The van der Waals surface area contributed by atoms with Crippen LogP contribution in [0.15, 0.2) is 42.5 Å². The number of nitrogens with zero attached hydrogens (tertiary/aromatic N) is 1. The van der Waals surface area contributed by atoms with Crippen LogP contribution in [0.5, 0.6) is 0 Å². The largest absolute Gasteiger partial charge is 0.461 e. The minimum atomic E-state index is -0.946. The zero-order chi connectivity index (χ0) is 11.8. The summed E-state index contributed by atoms with van der Waals surface area (Å²) in [6.45, 7) is 1.78. The molecule has 0 N–H and O–H groups in total. The van der Waals surface area contributed by atoms with Gasteiger partial charge in [-0.3, -0.25) is 4.98 Å². The molecule has 0 aromatic carbocycles. The molecule has 0 saturated carbocycles. The lowest BCUT2D eigenvalue weighted by Gasteiger charge is -1.96. The molecule has 16 heavy (non-hydrogen) atoms. The topological polar surface area (TPSA) is 39.2 Å². The first-order chi connectivity index (χ1) is 7.74. The van der Waals surface area contributed by atoms with Crippen molar-refractivity contribution in [3.05, 3.63) is 48.1 Å². The van der Waals surface area contributed by atoms with E-state index in [4.69, 9.17) is 0 Å². The molecule has 0 atom stereocenters. The predicted molar refractivity (Wildman–Crippen MR) is 59.1 cm³/mol. The number of ether oxygens (including phenoxy) is 1. The molecular weight excluding hydrogens is 209 g/mol. The van der Waals surface area contributed by atoms with Crippen LogP contribution in [0.1, 0.15) is 12.5 Å². The van der Waals surface area contributed by atoms with Crippen molar-refractivity contribution >= 4 is 12.0 Å². The third-order valence-electron chi connectivity index (χ3n) is 1.69. The number of carbonyl (C=O) groups is 1. The van der Waals surface area contributed by atoms with Crippen molar-refractivity contribution in [3.8, 4) is 0 Å². The molecule has 0 spiro atoms. The Labute approximate surface area is 93.3 Å². The van der Waals surface area contributed by atoms with Gasteiger partial charge >= 0.3 is 5.97 Å². The van der Waals surface area contributed by atoms with Crippen molar-refractivity contribution in [2.24, 2.45) is 0 Å². The highest BCUT2D eigenvalue weighted by Crippen LogP contribution is 2.03. The highest BCUT2D eigenvalue weighted by Gasteiger charge is 2.06. The summed E-state index contributed by atoms with van der Waals surface area (Å²) in [4.78, 5) is 14.8. The van der Waals surface area contributed by atoms with Crippen LogP contribution in [0.3, 0.4) is 0 Å². The first kappa shape index (κ1) is 12.1. The Bertz CT molecular complexity index is 399. The van der Waals surface area contributed by atoms with Crippen LogP contribution in [0.25, 0.3) is 6.08 Å². The molecule has 1 heterocycles. The maximum absolute atomic E-state index is 13.0. The number of rotatable bonds is 4. The van der Waals surface area contributed by atoms with Gasteiger partial charge in [-0.2, -0.15) is 4.39 Å². The number of carbonyl (C=O) groups excluding carboxylic acids is 1. The zero-order valence-corrected chi connectivity index (χ0v) is 8.89. The smallest absolute Gasteiger partial charge is 0.367 e. The number of allylic oxidation sites excluding steroid dienone is 2. The summed E-state index contributed by atoms with van der Waals surface area (Å²) < 4.78 is 17.5. The average Bonchev–Trinajstić information content (AvgIpc) is 2.30. The van der Waals surface area contributed by atoms with E-state index in [1.54, 1.807) is 31.5 Å². The monoisotopic (exact) mass is 221 g/mol. The van der Waals surface area contributed by atoms with Gasteiger partial charge in [0, 0.05) is 12.4 Å². The number of aromatic nitrogens is 1. The summed E-state index contributed by atoms with van der Waals surface area (Å²) in [6.07, 6.45) is 7.42. The fraction of sp³-hybridized carbons (Fsp3) is 0.167. The number of esters is 1. The summed E-state index contributed by atoms with van der Waals surface area (Å²) in [5.74, 6) is -1.86. The van der Waals surface area contributed by atoms with Crippen molar-refractivity contribution in [1.29, 1.82) is 0 Å². The molecule has 1 rings (SSSR count). The van der Waals surface area contributed by atoms with Gasteiger partial charge in [-0.15, -0.1) is 0 Å². The van der Waals surface area contributed by atoms with Crippen LogP contribution in [0.2, 0.25) is 0 Å². The molecule has 0 aliphatic carbocycles. The van der Waals surface area contributed by atoms with E-state index in [2.05, 4.69) is 9.72 Å². The molecule has 0 amide bonds. The van der Waals surface area contributed by atoms with Crippen LogP contribution >= 0.6 is 0 Å². The van der Waals surface area contributed by atoms with Crippen molar-refractivity contribution in [1.82, 2.24) is 4.98 Å². The molecule has 4 heteroatoms. The van der Waals surface area contributed by atoms with Gasteiger partial charge in [0.15, 0.2) is 0 Å². The van der Waals surface area contributed by atoms with Gasteiger partial charge in [-0.05, 0) is 24.6 Å². The lowest BCUT2D eigenvalue weighted by molar-refractivity contribution is -0.140. The molecule has 1 aromatic rings. The molecule has 0 saturated heterocycles. The van der Waals surface area contributed by atoms with Gasteiger partial charge in [0.05, 0.1) is 6.61 Å². The van der Waals surface area contributed by atoms with Crippen molar-refractivity contribution in [3.63, 3.8) is 0 Å². The summed E-state index contributed by atoms with van der Waals surface area (Å²) in [5.41, 5.74) is 0.829. The Hall–Kier alpha value is -1.97. The molecule has 0 bridgehead atoms. The molecular formula is C12H12FNO2. The Balaban J connectivity index is 2.59. The molecule has 0 aliphatic rings. The van der Waals surface area contributed by atoms with Gasteiger partial charge < -0.3 is 4.74 Å². The first-order valence-corrected chi connectivity index (χ1v) is 4.85. The minimum Gasteiger partial charge on any atom is -0.461 e. The van der Waals surface area contributed by atoms with E-state index in [0.29, 0.717) is 0 Å². The van der Waals surface area contributed by atoms with E-state index >= 15 is 0 Å². The maximum atomic E-state index is 13.0. The Morgan fingerprint density at radius 3 is 3.06 bits per heavy atom. The molecule has 3 nitrogen and oxygen atoms in total. The van der Waals surface area contributed by atoms with E-state index in [1.165, 1.54) is 6.08 Å². The van der Waals surface area contributed by atoms with Crippen LogP contribution < -0.4 is 0 Å². The SMILES string of the molecule is CCOC(=O)C(F)=CC=Cc1cccnc1. The summed E-state index contributed by atoms with van der Waals surface area (Å²) >= 11 is 0. The number of pyridine rings is 1. The normalized spacial score (nSPS) is 11.8. The molecule has 0 unspecified atom stereocenters. The molecule has 0 aliphatic heterocycles. The third kappa shape index (κ3) is 4.04. The van der Waals surface area contributed by atoms with Gasteiger partial charge in [0.25, 0.3) is 0 Å². The van der Waals surface area contributed by atoms with Gasteiger partial charge in [-0.25, -0.2) is 4.79 Å². The van der Waals surface area contributed by atoms with Crippen LogP contribution in [0.4, 0.5) is 4.39 Å². The van der Waals surface area contributed by atoms with Crippen LogP contribution in [0, 0.1) is 0 Å². The third-order valence-corrected chi connectivity index (χ3v) is 1.69. The lowest BCUT2D eigenvalue weighted by atomic mass is 10.2. The quantitative estimate of drug-likeness (QED) is 0.445. The van der Waals surface area contributed by atoms with E-state index in [1.807, 2.05) is 6.07 Å². The van der Waals surface area contributed by atoms with Crippen molar-refractivity contribution in [2.75, 3.05) is 6.61 Å². The highest BCUT2D eigenvalue weighted by atomic mass is 19.1. The standard InChI is InChI=1S/C12H12FNO2/c1-2-16-12(15)11(13)7-3-5-10-6-4-8-14-9-10/h3-9H,2H2,1H3. The molecule has 0 fully saturated rings. The van der Waals surface area contributed by atoms with Crippen molar-refractivity contribution < 1.29 is 13.9 Å². The van der Waals surface area contributed by atoms with E-state index in [9.17, 15) is 9.18 Å². The van der Waals surface area contributed by atoms with E-state index in [-0.39, 0.29) is 6.61 Å². The highest BCUT2D eigenvalue weighted by molar-refractivity contribution is 5.86. The molecule has 1 aromatic heterocycles. The predicted octanol–water partition coefficient (Wildman–Crippen LogP) is 2.51. The minimum absolute atomic E-state index is 0.159. The zero-order valence-electron chi connectivity index (χ0n) is 8.89.